The molecule has 20 heavy (non-hydrogen) atoms. The largest absolute Gasteiger partial charge is 0.481 e. The van der Waals surface area contributed by atoms with Crippen molar-refractivity contribution >= 4 is 17.7 Å². The van der Waals surface area contributed by atoms with E-state index in [1.54, 1.807) is 6.20 Å². The first-order valence-corrected chi connectivity index (χ1v) is 7.67. The zero-order chi connectivity index (χ0) is 13.9. The van der Waals surface area contributed by atoms with Crippen molar-refractivity contribution in [3.63, 3.8) is 0 Å². The van der Waals surface area contributed by atoms with Crippen LogP contribution in [0.4, 0.5) is 0 Å². The number of rotatable bonds is 4. The fourth-order valence-corrected chi connectivity index (χ4v) is 3.48. The summed E-state index contributed by atoms with van der Waals surface area (Å²) in [6, 6.07) is 8.92. The third kappa shape index (κ3) is 2.72. The number of hydrogen-bond acceptors (Lipinski definition) is 3. The van der Waals surface area contributed by atoms with Gasteiger partial charge < -0.3 is 9.67 Å². The van der Waals surface area contributed by atoms with Crippen LogP contribution in [0, 0.1) is 0 Å². The van der Waals surface area contributed by atoms with Crippen molar-refractivity contribution in [2.24, 2.45) is 0 Å². The van der Waals surface area contributed by atoms with Gasteiger partial charge in [-0.15, -0.1) is 0 Å². The number of carbonyl (C=O) groups is 1. The molecule has 5 heteroatoms. The van der Waals surface area contributed by atoms with Crippen molar-refractivity contribution in [3.05, 3.63) is 47.8 Å². The number of nitrogens with zero attached hydrogens (tertiary/aromatic N) is 2. The Balaban J connectivity index is 1.78. The van der Waals surface area contributed by atoms with Crippen LogP contribution in [0.15, 0.2) is 41.8 Å². The summed E-state index contributed by atoms with van der Waals surface area (Å²) in [6.07, 6.45) is 6.86. The van der Waals surface area contributed by atoms with E-state index in [0.29, 0.717) is 6.04 Å². The fraction of sp³-hybridized carbons (Fsp3) is 0.333. The van der Waals surface area contributed by atoms with Crippen LogP contribution >= 0.6 is 11.8 Å². The first-order chi connectivity index (χ1) is 9.74. The molecular formula is C15H16N2O2S. The Morgan fingerprint density at radius 1 is 1.40 bits per heavy atom. The topological polar surface area (TPSA) is 55.1 Å². The molecule has 4 nitrogen and oxygen atoms in total. The lowest BCUT2D eigenvalue weighted by molar-refractivity contribution is -0.133. The van der Waals surface area contributed by atoms with Crippen LogP contribution in [0.2, 0.25) is 0 Å². The minimum absolute atomic E-state index is 0.0559. The van der Waals surface area contributed by atoms with Gasteiger partial charge in [-0.3, -0.25) is 4.79 Å². The zero-order valence-corrected chi connectivity index (χ0v) is 11.8. The number of benzene rings is 1. The number of aromatic nitrogens is 2. The van der Waals surface area contributed by atoms with Crippen molar-refractivity contribution < 1.29 is 9.90 Å². The summed E-state index contributed by atoms with van der Waals surface area (Å²) in [6.45, 7) is 0. The second-order valence-electron chi connectivity index (χ2n) is 4.96. The van der Waals surface area contributed by atoms with Gasteiger partial charge in [0.25, 0.3) is 0 Å². The van der Waals surface area contributed by atoms with Gasteiger partial charge in [-0.05, 0) is 30.4 Å². The number of hydrogen-bond donors (Lipinski definition) is 1. The molecule has 0 bridgehead atoms. The van der Waals surface area contributed by atoms with E-state index in [1.165, 1.54) is 22.9 Å². The van der Waals surface area contributed by atoms with Crippen molar-refractivity contribution in [2.45, 2.75) is 30.5 Å². The van der Waals surface area contributed by atoms with Gasteiger partial charge in [0.15, 0.2) is 5.16 Å². The summed E-state index contributed by atoms with van der Waals surface area (Å²) in [5, 5.41) is 9.59. The molecule has 0 saturated heterocycles. The van der Waals surface area contributed by atoms with Crippen molar-refractivity contribution in [1.29, 1.82) is 0 Å². The molecule has 0 amide bonds. The van der Waals surface area contributed by atoms with Gasteiger partial charge in [-0.1, -0.05) is 36.0 Å². The van der Waals surface area contributed by atoms with Crippen molar-refractivity contribution in [1.82, 2.24) is 9.55 Å². The Labute approximate surface area is 121 Å². The van der Waals surface area contributed by atoms with E-state index in [0.717, 1.165) is 24.4 Å². The highest BCUT2D eigenvalue weighted by Gasteiger charge is 2.21. The predicted molar refractivity (Wildman–Crippen MR) is 78.1 cm³/mol. The minimum atomic E-state index is -0.807. The second-order valence-corrected chi connectivity index (χ2v) is 5.91. The van der Waals surface area contributed by atoms with Gasteiger partial charge >= 0.3 is 5.97 Å². The highest BCUT2D eigenvalue weighted by atomic mass is 32.2. The fourth-order valence-electron chi connectivity index (χ4n) is 2.73. The third-order valence-electron chi connectivity index (χ3n) is 3.67. The summed E-state index contributed by atoms with van der Waals surface area (Å²) < 4.78 is 2.13. The number of fused-ring (bicyclic) bond motifs is 1. The van der Waals surface area contributed by atoms with Crippen LogP contribution in [0.25, 0.3) is 0 Å². The number of imidazole rings is 1. The van der Waals surface area contributed by atoms with E-state index in [9.17, 15) is 4.79 Å². The molecule has 0 spiro atoms. The van der Waals surface area contributed by atoms with Crippen LogP contribution in [0.1, 0.15) is 23.6 Å². The van der Waals surface area contributed by atoms with E-state index in [4.69, 9.17) is 5.11 Å². The van der Waals surface area contributed by atoms with Crippen molar-refractivity contribution in [2.75, 3.05) is 5.75 Å². The second kappa shape index (κ2) is 5.71. The monoisotopic (exact) mass is 288 g/mol. The summed E-state index contributed by atoms with van der Waals surface area (Å²) in [5.74, 6) is -0.751. The molecule has 0 aliphatic heterocycles. The molecule has 0 fully saturated rings. The van der Waals surface area contributed by atoms with E-state index >= 15 is 0 Å². The molecule has 1 unspecified atom stereocenters. The molecule has 0 saturated carbocycles. The van der Waals surface area contributed by atoms with Crippen LogP contribution in [0.5, 0.6) is 0 Å². The molecule has 1 aliphatic carbocycles. The summed E-state index contributed by atoms with van der Waals surface area (Å²) in [5.41, 5.74) is 2.83. The molecule has 1 aromatic heterocycles. The van der Waals surface area contributed by atoms with Crippen LogP contribution < -0.4 is 0 Å². The molecule has 1 aliphatic rings. The Kier molecular flexibility index (Phi) is 3.78. The molecule has 104 valence electrons. The van der Waals surface area contributed by atoms with Crippen LogP contribution in [-0.2, 0) is 17.6 Å². The lowest BCUT2D eigenvalue weighted by atomic mass is 9.88. The number of carboxylic acid groups (broad SMARTS) is 1. The molecular weight excluding hydrogens is 272 g/mol. The molecule has 2 aromatic rings. The minimum Gasteiger partial charge on any atom is -0.481 e. The summed E-state index contributed by atoms with van der Waals surface area (Å²) in [4.78, 5) is 15.0. The first-order valence-electron chi connectivity index (χ1n) is 6.68. The molecule has 1 atom stereocenters. The van der Waals surface area contributed by atoms with Gasteiger partial charge in [-0.25, -0.2) is 4.98 Å². The lowest BCUT2D eigenvalue weighted by Crippen LogP contribution is -2.19. The average molecular weight is 288 g/mol. The Morgan fingerprint density at radius 2 is 2.20 bits per heavy atom. The van der Waals surface area contributed by atoms with Gasteiger partial charge in [0.1, 0.15) is 0 Å². The molecule has 1 aromatic carbocycles. The van der Waals surface area contributed by atoms with E-state index < -0.39 is 5.97 Å². The zero-order valence-electron chi connectivity index (χ0n) is 11.0. The Hall–Kier alpha value is -1.75. The highest BCUT2D eigenvalue weighted by molar-refractivity contribution is 7.99. The van der Waals surface area contributed by atoms with Crippen LogP contribution in [-0.4, -0.2) is 26.4 Å². The maximum absolute atomic E-state index is 10.7. The number of thioether (sulfide) groups is 1. The SMILES string of the molecule is O=C(O)CSc1nccn1C1CCc2ccccc2C1. The van der Waals surface area contributed by atoms with Gasteiger partial charge in [0.05, 0.1) is 5.75 Å². The van der Waals surface area contributed by atoms with E-state index in [-0.39, 0.29) is 5.75 Å². The third-order valence-corrected chi connectivity index (χ3v) is 4.64. The van der Waals surface area contributed by atoms with Gasteiger partial charge in [0, 0.05) is 18.4 Å². The maximum Gasteiger partial charge on any atom is 0.313 e. The summed E-state index contributed by atoms with van der Waals surface area (Å²) >= 11 is 1.29. The Bertz CT molecular complexity index is 624. The smallest absolute Gasteiger partial charge is 0.313 e. The number of aliphatic carboxylic acids is 1. The Morgan fingerprint density at radius 3 is 3.00 bits per heavy atom. The summed E-state index contributed by atoms with van der Waals surface area (Å²) in [7, 11) is 0. The maximum atomic E-state index is 10.7. The van der Waals surface area contributed by atoms with Gasteiger partial charge in [0.2, 0.25) is 0 Å². The first kappa shape index (κ1) is 13.2. The lowest BCUT2D eigenvalue weighted by Gasteiger charge is -2.26. The molecule has 1 heterocycles. The average Bonchev–Trinajstić information content (AvgIpc) is 2.93. The van der Waals surface area contributed by atoms with E-state index in [2.05, 4.69) is 33.8 Å². The van der Waals surface area contributed by atoms with E-state index in [1.807, 2.05) is 6.20 Å². The molecule has 1 N–H and O–H groups in total. The normalized spacial score (nSPS) is 17.7. The number of aryl methyl sites for hydroxylation is 1. The van der Waals surface area contributed by atoms with Gasteiger partial charge in [-0.2, -0.15) is 0 Å². The van der Waals surface area contributed by atoms with Crippen LogP contribution in [0.3, 0.4) is 0 Å². The molecule has 3 rings (SSSR count). The van der Waals surface area contributed by atoms with Crippen molar-refractivity contribution in [3.8, 4) is 0 Å². The quantitative estimate of drug-likeness (QED) is 0.879. The highest BCUT2D eigenvalue weighted by Crippen LogP contribution is 2.31. The molecule has 0 radical (unpaired) electrons. The number of carboxylic acids is 1. The predicted octanol–water partition coefficient (Wildman–Crippen LogP) is 2.79. The standard InChI is InChI=1S/C15H16N2O2S/c18-14(19)10-20-15-16-7-8-17(15)13-6-5-11-3-1-2-4-12(11)9-13/h1-4,7-8,13H,5-6,9-10H2,(H,18,19).